The van der Waals surface area contributed by atoms with E-state index in [1.807, 2.05) is 31.2 Å². The van der Waals surface area contributed by atoms with E-state index in [0.29, 0.717) is 5.56 Å². The van der Waals surface area contributed by atoms with Gasteiger partial charge in [-0.25, -0.2) is 0 Å². The van der Waals surface area contributed by atoms with Crippen LogP contribution in [0.15, 0.2) is 49.1 Å². The molecule has 0 bridgehead atoms. The fourth-order valence-electron chi connectivity index (χ4n) is 2.28. The van der Waals surface area contributed by atoms with Gasteiger partial charge in [0.2, 0.25) is 0 Å². The highest BCUT2D eigenvalue weighted by Crippen LogP contribution is 2.32. The third-order valence-electron chi connectivity index (χ3n) is 3.30. The summed E-state index contributed by atoms with van der Waals surface area (Å²) in [6.07, 6.45) is 6.93. The molecule has 4 heteroatoms. The number of aromatic amines is 1. The molecule has 3 rings (SSSR count). The highest BCUT2D eigenvalue weighted by atomic mass is 14.8. The molecular weight excluding hydrogens is 248 g/mol. The molecule has 1 N–H and O–H groups in total. The molecule has 0 unspecified atom stereocenters. The summed E-state index contributed by atoms with van der Waals surface area (Å²) in [5.41, 5.74) is 5.39. The van der Waals surface area contributed by atoms with Gasteiger partial charge in [-0.3, -0.25) is 9.97 Å². The first kappa shape index (κ1) is 12.1. The lowest BCUT2D eigenvalue weighted by Gasteiger charge is -1.99. The van der Waals surface area contributed by atoms with Crippen LogP contribution in [0.3, 0.4) is 0 Å². The zero-order chi connectivity index (χ0) is 13.9. The van der Waals surface area contributed by atoms with Gasteiger partial charge in [0, 0.05) is 35.9 Å². The van der Waals surface area contributed by atoms with Gasteiger partial charge in [0.15, 0.2) is 0 Å². The molecule has 0 aliphatic carbocycles. The van der Waals surface area contributed by atoms with Gasteiger partial charge >= 0.3 is 0 Å². The molecule has 0 aromatic carbocycles. The van der Waals surface area contributed by atoms with E-state index < -0.39 is 0 Å². The maximum atomic E-state index is 9.42. The van der Waals surface area contributed by atoms with E-state index in [4.69, 9.17) is 0 Å². The topological polar surface area (TPSA) is 65.4 Å². The molecule has 0 saturated carbocycles. The van der Waals surface area contributed by atoms with Crippen molar-refractivity contribution in [1.82, 2.24) is 15.0 Å². The van der Waals surface area contributed by atoms with Gasteiger partial charge in [-0.1, -0.05) is 0 Å². The predicted octanol–water partition coefficient (Wildman–Crippen LogP) is 3.32. The van der Waals surface area contributed by atoms with Crippen LogP contribution in [-0.4, -0.2) is 15.0 Å². The molecular formula is C16H12N4. The molecule has 3 heterocycles. The van der Waals surface area contributed by atoms with E-state index in [1.165, 1.54) is 0 Å². The molecule has 0 fully saturated rings. The van der Waals surface area contributed by atoms with Gasteiger partial charge in [-0.15, -0.1) is 0 Å². The van der Waals surface area contributed by atoms with Crippen molar-refractivity contribution in [3.8, 4) is 28.6 Å². The Kier molecular flexibility index (Phi) is 3.02. The third-order valence-corrected chi connectivity index (χ3v) is 3.30. The molecule has 96 valence electrons. The number of nitriles is 1. The summed E-state index contributed by atoms with van der Waals surface area (Å²) in [7, 11) is 0. The summed E-state index contributed by atoms with van der Waals surface area (Å²) in [5.74, 6) is 0. The third kappa shape index (κ3) is 1.95. The molecule has 0 aliphatic rings. The van der Waals surface area contributed by atoms with Gasteiger partial charge < -0.3 is 4.98 Å². The summed E-state index contributed by atoms with van der Waals surface area (Å²) >= 11 is 0. The highest BCUT2D eigenvalue weighted by molar-refractivity contribution is 5.77. The molecule has 0 amide bonds. The molecule has 0 saturated heterocycles. The van der Waals surface area contributed by atoms with Gasteiger partial charge in [0.1, 0.15) is 6.07 Å². The summed E-state index contributed by atoms with van der Waals surface area (Å²) < 4.78 is 0. The highest BCUT2D eigenvalue weighted by Gasteiger charge is 2.16. The van der Waals surface area contributed by atoms with Crippen molar-refractivity contribution in [2.45, 2.75) is 6.92 Å². The fraction of sp³-hybridized carbons (Fsp3) is 0.0625. The Hall–Kier alpha value is -2.93. The minimum atomic E-state index is 0.669. The lowest BCUT2D eigenvalue weighted by atomic mass is 10.0. The molecule has 0 spiro atoms. The van der Waals surface area contributed by atoms with Crippen molar-refractivity contribution >= 4 is 0 Å². The molecule has 0 atom stereocenters. The van der Waals surface area contributed by atoms with Crippen molar-refractivity contribution < 1.29 is 0 Å². The van der Waals surface area contributed by atoms with Crippen LogP contribution in [0, 0.1) is 18.3 Å². The number of pyridine rings is 2. The maximum absolute atomic E-state index is 9.42. The summed E-state index contributed by atoms with van der Waals surface area (Å²) in [5, 5.41) is 9.42. The Morgan fingerprint density at radius 3 is 1.90 bits per heavy atom. The smallest absolute Gasteiger partial charge is 0.102 e. The Morgan fingerprint density at radius 1 is 0.900 bits per heavy atom. The first-order chi connectivity index (χ1) is 9.81. The second kappa shape index (κ2) is 4.98. The van der Waals surface area contributed by atoms with Crippen molar-refractivity contribution in [2.75, 3.05) is 0 Å². The molecule has 3 aromatic heterocycles. The molecule has 0 radical (unpaired) electrons. The average Bonchev–Trinajstić information content (AvgIpc) is 2.86. The lowest BCUT2D eigenvalue weighted by Crippen LogP contribution is -1.82. The number of rotatable bonds is 2. The Morgan fingerprint density at radius 2 is 1.40 bits per heavy atom. The standard InChI is InChI=1S/C16H12N4/c1-11-14(10-17)16(13-4-8-19-9-5-13)20-15(11)12-2-6-18-7-3-12/h2-9,20H,1H3. The fourth-order valence-corrected chi connectivity index (χ4v) is 2.28. The van der Waals surface area contributed by atoms with Gasteiger partial charge in [0.05, 0.1) is 17.0 Å². The Balaban J connectivity index is 2.22. The summed E-state index contributed by atoms with van der Waals surface area (Å²) in [6.45, 7) is 1.95. The SMILES string of the molecule is Cc1c(-c2ccncc2)[nH]c(-c2ccncc2)c1C#N. The number of hydrogen-bond donors (Lipinski definition) is 1. The van der Waals surface area contributed by atoms with Crippen LogP contribution in [0.25, 0.3) is 22.5 Å². The minimum absolute atomic E-state index is 0.669. The first-order valence-corrected chi connectivity index (χ1v) is 6.24. The lowest BCUT2D eigenvalue weighted by molar-refractivity contribution is 1.29. The van der Waals surface area contributed by atoms with Crippen molar-refractivity contribution in [1.29, 1.82) is 5.26 Å². The maximum Gasteiger partial charge on any atom is 0.102 e. The molecule has 4 nitrogen and oxygen atoms in total. The van der Waals surface area contributed by atoms with E-state index >= 15 is 0 Å². The van der Waals surface area contributed by atoms with E-state index in [-0.39, 0.29) is 0 Å². The van der Waals surface area contributed by atoms with E-state index in [9.17, 15) is 5.26 Å². The first-order valence-electron chi connectivity index (χ1n) is 6.24. The van der Waals surface area contributed by atoms with Crippen molar-refractivity contribution in [3.05, 3.63) is 60.2 Å². The van der Waals surface area contributed by atoms with Crippen molar-refractivity contribution in [2.24, 2.45) is 0 Å². The molecule has 0 aliphatic heterocycles. The van der Waals surface area contributed by atoms with Crippen molar-refractivity contribution in [3.63, 3.8) is 0 Å². The zero-order valence-electron chi connectivity index (χ0n) is 11.0. The number of nitrogens with zero attached hydrogens (tertiary/aromatic N) is 3. The Bertz CT molecular complexity index is 767. The molecule has 3 aromatic rings. The van der Waals surface area contributed by atoms with Crippen LogP contribution in [0.2, 0.25) is 0 Å². The van der Waals surface area contributed by atoms with Crippen LogP contribution in [0.1, 0.15) is 11.1 Å². The van der Waals surface area contributed by atoms with E-state index in [0.717, 1.165) is 28.1 Å². The van der Waals surface area contributed by atoms with Gasteiger partial charge in [-0.05, 0) is 36.8 Å². The monoisotopic (exact) mass is 260 g/mol. The largest absolute Gasteiger partial charge is 0.353 e. The van der Waals surface area contributed by atoms with Crippen LogP contribution in [0.5, 0.6) is 0 Å². The van der Waals surface area contributed by atoms with Crippen LogP contribution in [0.4, 0.5) is 0 Å². The van der Waals surface area contributed by atoms with Crippen LogP contribution in [-0.2, 0) is 0 Å². The van der Waals surface area contributed by atoms with E-state index in [2.05, 4.69) is 21.0 Å². The quantitative estimate of drug-likeness (QED) is 0.768. The summed E-state index contributed by atoms with van der Waals surface area (Å²) in [4.78, 5) is 11.4. The second-order valence-corrected chi connectivity index (χ2v) is 4.46. The number of aromatic nitrogens is 3. The Labute approximate surface area is 116 Å². The van der Waals surface area contributed by atoms with Gasteiger partial charge in [-0.2, -0.15) is 5.26 Å². The van der Waals surface area contributed by atoms with Crippen LogP contribution < -0.4 is 0 Å². The normalized spacial score (nSPS) is 10.2. The molecule has 20 heavy (non-hydrogen) atoms. The zero-order valence-corrected chi connectivity index (χ0v) is 11.0. The number of hydrogen-bond acceptors (Lipinski definition) is 3. The van der Waals surface area contributed by atoms with Gasteiger partial charge in [0.25, 0.3) is 0 Å². The van der Waals surface area contributed by atoms with E-state index in [1.54, 1.807) is 24.8 Å². The predicted molar refractivity (Wildman–Crippen MR) is 76.7 cm³/mol. The number of nitrogens with one attached hydrogen (secondary N) is 1. The second-order valence-electron chi connectivity index (χ2n) is 4.46. The average molecular weight is 260 g/mol. The summed E-state index contributed by atoms with van der Waals surface area (Å²) in [6, 6.07) is 9.92. The van der Waals surface area contributed by atoms with Crippen LogP contribution >= 0.6 is 0 Å². The minimum Gasteiger partial charge on any atom is -0.353 e. The number of H-pyrrole nitrogens is 1.